The fourth-order valence-electron chi connectivity index (χ4n) is 1.87. The number of rotatable bonds is 7. The third-order valence-electron chi connectivity index (χ3n) is 2.96. The van der Waals surface area contributed by atoms with E-state index in [9.17, 15) is 0 Å². The van der Waals surface area contributed by atoms with Crippen LogP contribution >= 0.6 is 0 Å². The average molecular weight is 262 g/mol. The van der Waals surface area contributed by atoms with E-state index in [1.807, 2.05) is 12.3 Å². The van der Waals surface area contributed by atoms with Gasteiger partial charge in [0.15, 0.2) is 5.82 Å². The molecule has 0 aliphatic carbocycles. The van der Waals surface area contributed by atoms with E-state index in [1.54, 1.807) is 0 Å². The molecule has 2 rings (SSSR count). The molecule has 0 spiro atoms. The lowest BCUT2D eigenvalue weighted by molar-refractivity contribution is 0.363. The maximum atomic E-state index is 5.28. The largest absolute Gasteiger partial charge is 0.341 e. The first-order valence-electron chi connectivity index (χ1n) is 6.88. The smallest absolute Gasteiger partial charge is 0.246 e. The SMILES string of the molecule is CCCNCc1cccn1Cc1nc(C(C)C)no1. The van der Waals surface area contributed by atoms with E-state index in [2.05, 4.69) is 46.9 Å². The summed E-state index contributed by atoms with van der Waals surface area (Å²) in [5.41, 5.74) is 1.23. The molecular formula is C14H22N4O. The van der Waals surface area contributed by atoms with Crippen molar-refractivity contribution in [3.8, 4) is 0 Å². The van der Waals surface area contributed by atoms with Crippen LogP contribution in [0.15, 0.2) is 22.9 Å². The zero-order valence-electron chi connectivity index (χ0n) is 11.9. The molecule has 0 saturated heterocycles. The van der Waals surface area contributed by atoms with Crippen molar-refractivity contribution < 1.29 is 4.52 Å². The Kier molecular flexibility index (Phi) is 4.74. The van der Waals surface area contributed by atoms with Crippen LogP contribution in [0.3, 0.4) is 0 Å². The summed E-state index contributed by atoms with van der Waals surface area (Å²) in [4.78, 5) is 4.40. The molecule has 0 aliphatic rings. The Morgan fingerprint density at radius 1 is 1.42 bits per heavy atom. The quantitative estimate of drug-likeness (QED) is 0.779. The normalized spacial score (nSPS) is 11.4. The van der Waals surface area contributed by atoms with Crippen LogP contribution in [-0.4, -0.2) is 21.3 Å². The fourth-order valence-corrected chi connectivity index (χ4v) is 1.87. The minimum absolute atomic E-state index is 0.299. The van der Waals surface area contributed by atoms with E-state index >= 15 is 0 Å². The molecule has 2 heterocycles. The minimum Gasteiger partial charge on any atom is -0.341 e. The topological polar surface area (TPSA) is 55.9 Å². The number of aromatic nitrogens is 3. The molecule has 5 heteroatoms. The zero-order chi connectivity index (χ0) is 13.7. The van der Waals surface area contributed by atoms with E-state index in [0.29, 0.717) is 18.4 Å². The molecule has 0 saturated carbocycles. The van der Waals surface area contributed by atoms with Gasteiger partial charge in [0.25, 0.3) is 0 Å². The predicted molar refractivity (Wildman–Crippen MR) is 73.9 cm³/mol. The lowest BCUT2D eigenvalue weighted by Gasteiger charge is -2.07. The van der Waals surface area contributed by atoms with E-state index in [4.69, 9.17) is 4.52 Å². The molecule has 2 aromatic rings. The average Bonchev–Trinajstić information content (AvgIpc) is 3.00. The predicted octanol–water partition coefficient (Wildman–Crippen LogP) is 2.54. The summed E-state index contributed by atoms with van der Waals surface area (Å²) in [6.07, 6.45) is 3.18. The highest BCUT2D eigenvalue weighted by molar-refractivity contribution is 5.08. The molecule has 0 aliphatic heterocycles. The molecule has 0 bridgehead atoms. The van der Waals surface area contributed by atoms with Crippen molar-refractivity contribution in [3.63, 3.8) is 0 Å². The van der Waals surface area contributed by atoms with Crippen molar-refractivity contribution in [2.75, 3.05) is 6.54 Å². The molecule has 1 N–H and O–H groups in total. The van der Waals surface area contributed by atoms with Gasteiger partial charge >= 0.3 is 0 Å². The highest BCUT2D eigenvalue weighted by Gasteiger charge is 2.11. The molecule has 0 unspecified atom stereocenters. The van der Waals surface area contributed by atoms with Crippen molar-refractivity contribution in [2.24, 2.45) is 0 Å². The first kappa shape index (κ1) is 13.8. The van der Waals surface area contributed by atoms with Crippen molar-refractivity contribution in [3.05, 3.63) is 35.7 Å². The van der Waals surface area contributed by atoms with Gasteiger partial charge in [-0.25, -0.2) is 0 Å². The third kappa shape index (κ3) is 3.67. The Morgan fingerprint density at radius 3 is 2.95 bits per heavy atom. The Bertz CT molecular complexity index is 501. The molecule has 0 amide bonds. The van der Waals surface area contributed by atoms with Crippen molar-refractivity contribution in [1.82, 2.24) is 20.0 Å². The maximum Gasteiger partial charge on any atom is 0.246 e. The second-order valence-corrected chi connectivity index (χ2v) is 5.01. The lowest BCUT2D eigenvalue weighted by Crippen LogP contribution is -2.17. The standard InChI is InChI=1S/C14H22N4O/c1-4-7-15-9-12-6-5-8-18(12)10-13-16-14(11(2)3)17-19-13/h5-6,8,11,15H,4,7,9-10H2,1-3H3. The van der Waals surface area contributed by atoms with Crippen LogP contribution in [0.25, 0.3) is 0 Å². The van der Waals surface area contributed by atoms with Gasteiger partial charge in [-0.05, 0) is 25.1 Å². The summed E-state index contributed by atoms with van der Waals surface area (Å²) in [7, 11) is 0. The number of nitrogens with one attached hydrogen (secondary N) is 1. The van der Waals surface area contributed by atoms with E-state index in [1.165, 1.54) is 5.69 Å². The van der Waals surface area contributed by atoms with E-state index < -0.39 is 0 Å². The van der Waals surface area contributed by atoms with Crippen LogP contribution in [0, 0.1) is 0 Å². The highest BCUT2D eigenvalue weighted by Crippen LogP contribution is 2.11. The summed E-state index contributed by atoms with van der Waals surface area (Å²) < 4.78 is 7.42. The second-order valence-electron chi connectivity index (χ2n) is 5.01. The molecule has 19 heavy (non-hydrogen) atoms. The van der Waals surface area contributed by atoms with Crippen LogP contribution in [0.1, 0.15) is 50.5 Å². The summed E-state index contributed by atoms with van der Waals surface area (Å²) >= 11 is 0. The second kappa shape index (κ2) is 6.52. The molecule has 0 radical (unpaired) electrons. The van der Waals surface area contributed by atoms with Crippen LogP contribution in [0.5, 0.6) is 0 Å². The monoisotopic (exact) mass is 262 g/mol. The first-order valence-corrected chi connectivity index (χ1v) is 6.88. The van der Waals surface area contributed by atoms with Crippen molar-refractivity contribution in [1.29, 1.82) is 0 Å². The lowest BCUT2D eigenvalue weighted by atomic mass is 10.2. The highest BCUT2D eigenvalue weighted by atomic mass is 16.5. The van der Waals surface area contributed by atoms with Gasteiger partial charge in [0.05, 0.1) is 0 Å². The molecule has 0 aromatic carbocycles. The van der Waals surface area contributed by atoms with Gasteiger partial charge < -0.3 is 14.4 Å². The van der Waals surface area contributed by atoms with Crippen LogP contribution < -0.4 is 5.32 Å². The summed E-state index contributed by atoms with van der Waals surface area (Å²) in [6, 6.07) is 4.16. The maximum absolute atomic E-state index is 5.28. The number of hydrogen-bond donors (Lipinski definition) is 1. The van der Waals surface area contributed by atoms with Gasteiger partial charge in [0, 0.05) is 24.4 Å². The number of nitrogens with zero attached hydrogens (tertiary/aromatic N) is 3. The molecule has 2 aromatic heterocycles. The van der Waals surface area contributed by atoms with E-state index in [0.717, 1.165) is 25.3 Å². The fraction of sp³-hybridized carbons (Fsp3) is 0.571. The molecule has 0 atom stereocenters. The summed E-state index contributed by atoms with van der Waals surface area (Å²) in [6.45, 7) is 8.82. The Hall–Kier alpha value is -1.62. The Balaban J connectivity index is 2.00. The minimum atomic E-state index is 0.299. The molecular weight excluding hydrogens is 240 g/mol. The van der Waals surface area contributed by atoms with Gasteiger partial charge in [0.1, 0.15) is 6.54 Å². The van der Waals surface area contributed by atoms with Crippen LogP contribution in [0.4, 0.5) is 0 Å². The first-order chi connectivity index (χ1) is 9.20. The van der Waals surface area contributed by atoms with Gasteiger partial charge in [-0.1, -0.05) is 25.9 Å². The van der Waals surface area contributed by atoms with Crippen molar-refractivity contribution >= 4 is 0 Å². The van der Waals surface area contributed by atoms with Crippen LogP contribution in [0.2, 0.25) is 0 Å². The molecule has 0 fully saturated rings. The van der Waals surface area contributed by atoms with Gasteiger partial charge in [-0.2, -0.15) is 4.98 Å². The summed E-state index contributed by atoms with van der Waals surface area (Å²) in [5, 5.41) is 7.39. The van der Waals surface area contributed by atoms with Crippen molar-refractivity contribution in [2.45, 2.75) is 46.2 Å². The summed E-state index contributed by atoms with van der Waals surface area (Å²) in [5.74, 6) is 1.73. The van der Waals surface area contributed by atoms with Gasteiger partial charge in [-0.15, -0.1) is 0 Å². The third-order valence-corrected chi connectivity index (χ3v) is 2.96. The van der Waals surface area contributed by atoms with Gasteiger partial charge in [0.2, 0.25) is 5.89 Å². The van der Waals surface area contributed by atoms with E-state index in [-0.39, 0.29) is 0 Å². The zero-order valence-corrected chi connectivity index (χ0v) is 11.9. The van der Waals surface area contributed by atoms with Gasteiger partial charge in [-0.3, -0.25) is 0 Å². The number of hydrogen-bond acceptors (Lipinski definition) is 4. The van der Waals surface area contributed by atoms with Crippen LogP contribution in [-0.2, 0) is 13.1 Å². The molecule has 5 nitrogen and oxygen atoms in total. The molecule has 104 valence electrons. The Labute approximate surface area is 114 Å². The Morgan fingerprint density at radius 2 is 2.26 bits per heavy atom.